The van der Waals surface area contributed by atoms with E-state index in [4.69, 9.17) is 40.5 Å². The zero-order valence-electron chi connectivity index (χ0n) is 60.8. The Morgan fingerprint density at radius 2 is 0.675 bits per heavy atom. The summed E-state index contributed by atoms with van der Waals surface area (Å²) in [5, 5.41) is 23.7. The first-order valence-corrected chi connectivity index (χ1v) is 36.6. The van der Waals surface area contributed by atoms with E-state index < -0.39 is 23.9 Å². The summed E-state index contributed by atoms with van der Waals surface area (Å²) < 4.78 is 27.7. The molecule has 17 rings (SSSR count). The van der Waals surface area contributed by atoms with Gasteiger partial charge in [-0.15, -0.1) is 0 Å². The number of nitrogens with zero attached hydrogens (tertiary/aromatic N) is 8. The average molecular weight is 1480 g/mol. The van der Waals surface area contributed by atoms with Gasteiger partial charge in [0.05, 0.1) is 85.5 Å². The van der Waals surface area contributed by atoms with E-state index in [9.17, 15) is 29.7 Å². The van der Waals surface area contributed by atoms with Crippen molar-refractivity contribution in [2.24, 2.45) is 0 Å². The van der Waals surface area contributed by atoms with Crippen molar-refractivity contribution in [2.45, 2.75) is 26.4 Å². The highest BCUT2D eigenvalue weighted by Crippen LogP contribution is 2.44. The van der Waals surface area contributed by atoms with Crippen molar-refractivity contribution in [1.82, 2.24) is 24.1 Å². The molecule has 3 aromatic heterocycles. The van der Waals surface area contributed by atoms with E-state index in [1.54, 1.807) is 66.7 Å². The lowest BCUT2D eigenvalue weighted by molar-refractivity contribution is 0.0464. The Balaban J connectivity index is 0.850. The van der Waals surface area contributed by atoms with Gasteiger partial charge in [0.25, 0.3) is 0 Å². The first-order valence-electron chi connectivity index (χ1n) is 36.6. The van der Waals surface area contributed by atoms with E-state index in [1.165, 1.54) is 0 Å². The second-order valence-electron chi connectivity index (χ2n) is 27.2. The minimum absolute atomic E-state index is 0.0515. The number of aromatic nitrogens is 5. The Morgan fingerprint density at radius 1 is 0.316 bits per heavy atom. The van der Waals surface area contributed by atoms with Crippen LogP contribution in [0, 0.1) is 29.2 Å². The highest BCUT2D eigenvalue weighted by atomic mass is 16.5. The lowest BCUT2D eigenvalue weighted by Crippen LogP contribution is -2.05. The molecular formula is C98H62N8O8. The van der Waals surface area contributed by atoms with E-state index in [0.717, 1.165) is 22.3 Å². The maximum Gasteiger partial charge on any atom is 0.338 e. The highest BCUT2D eigenvalue weighted by Gasteiger charge is 2.26. The van der Waals surface area contributed by atoms with Crippen LogP contribution in [0.5, 0.6) is 0 Å². The van der Waals surface area contributed by atoms with Crippen molar-refractivity contribution in [3.63, 3.8) is 0 Å². The lowest BCUT2D eigenvalue weighted by atomic mass is 9.95. The molecule has 3 heterocycles. The lowest BCUT2D eigenvalue weighted by Gasteiger charge is -2.18. The van der Waals surface area contributed by atoms with E-state index in [0.29, 0.717) is 144 Å². The molecule has 0 radical (unpaired) electrons. The average Bonchev–Trinajstić information content (AvgIpc) is 1.57. The van der Waals surface area contributed by atoms with Crippen molar-refractivity contribution < 1.29 is 38.1 Å². The predicted octanol–water partition coefficient (Wildman–Crippen LogP) is 21.8. The molecular weight excluding hydrogens is 1420 g/mol. The zero-order chi connectivity index (χ0) is 77.6. The summed E-state index contributed by atoms with van der Waals surface area (Å²) in [7, 11) is 0. The molecule has 0 fully saturated rings. The smallest absolute Gasteiger partial charge is 0.338 e. The SMILES string of the molecule is [C-]#[N+]c1cccc(-c2cc(-c3nc(-c4ccc(-n5c6ccc(C(=O)OCc7ccccc7)cc6c6cc(C(=O)OCc7ccccc7)ccc65)c(-c5cccc(C#N)c5)c4)nc(-c4ccccc4-c4ccccc4C#N)n3)ccc2-n2c3ccc(C(=O)OCc4ccccc4)cc3c3cc(C(=O)OCc4ccccc4)ccc32)c1. The summed E-state index contributed by atoms with van der Waals surface area (Å²) in [6.45, 7) is 8.46. The number of nitriles is 2. The van der Waals surface area contributed by atoms with Crippen LogP contribution in [-0.4, -0.2) is 48.0 Å². The number of carbonyl (C=O) groups excluding carboxylic acids is 4. The molecule has 542 valence electrons. The number of esters is 4. The molecule has 0 amide bonds. The van der Waals surface area contributed by atoms with Gasteiger partial charge < -0.3 is 28.1 Å². The number of hydrogen-bond acceptors (Lipinski definition) is 13. The molecule has 114 heavy (non-hydrogen) atoms. The number of rotatable bonds is 20. The topological polar surface area (TPSA) is 206 Å². The first-order chi connectivity index (χ1) is 56.0. The van der Waals surface area contributed by atoms with Crippen LogP contribution in [0.25, 0.3) is 127 Å². The van der Waals surface area contributed by atoms with Crippen LogP contribution in [0.3, 0.4) is 0 Å². The van der Waals surface area contributed by atoms with Gasteiger partial charge in [-0.1, -0.05) is 194 Å². The summed E-state index contributed by atoms with van der Waals surface area (Å²) in [5.41, 5.74) is 15.4. The van der Waals surface area contributed by atoms with E-state index >= 15 is 0 Å². The van der Waals surface area contributed by atoms with Gasteiger partial charge in [0.15, 0.2) is 23.2 Å². The molecule has 17 aromatic rings. The molecule has 16 heteroatoms. The summed E-state index contributed by atoms with van der Waals surface area (Å²) in [4.78, 5) is 76.5. The fourth-order valence-corrected chi connectivity index (χ4v) is 14.5. The van der Waals surface area contributed by atoms with E-state index in [-0.39, 0.29) is 43.9 Å². The van der Waals surface area contributed by atoms with E-state index in [2.05, 4.69) is 26.1 Å². The molecule has 0 aliphatic heterocycles. The molecule has 0 aliphatic carbocycles. The van der Waals surface area contributed by atoms with E-state index in [1.807, 2.05) is 261 Å². The predicted molar refractivity (Wildman–Crippen MR) is 439 cm³/mol. The Labute approximate surface area is 654 Å². The quantitative estimate of drug-likeness (QED) is 0.0396. The van der Waals surface area contributed by atoms with Crippen molar-refractivity contribution >= 4 is 73.2 Å². The van der Waals surface area contributed by atoms with Gasteiger partial charge >= 0.3 is 23.9 Å². The van der Waals surface area contributed by atoms with Crippen LogP contribution in [-0.2, 0) is 45.4 Å². The second kappa shape index (κ2) is 31.3. The van der Waals surface area contributed by atoms with Crippen LogP contribution in [0.4, 0.5) is 5.69 Å². The molecule has 0 spiro atoms. The van der Waals surface area contributed by atoms with Crippen LogP contribution >= 0.6 is 0 Å². The second-order valence-corrected chi connectivity index (χ2v) is 27.2. The van der Waals surface area contributed by atoms with Crippen molar-refractivity contribution in [3.8, 4) is 91.1 Å². The third-order valence-corrected chi connectivity index (χ3v) is 20.0. The standard InChI is InChI=1S/C98H62N8O8/c1-101-76-32-19-31-68(49-76)81-51-70(37-43-87(81)106-90-46-40-73(97(109)113-60-64-24-10-4-11-25-64)54-84(90)85-55-74(41-47-91(85)106)98(110)114-61-65-26-12-5-13-27-65)93-102-92(103-94(104-93)79-35-17-16-34-78(79)77-33-15-14-29-75(77)57-100)69-36-42-86(80(50-69)67-30-18-28-66(48-67)56-99)105-88-44-38-71(95(107)111-58-62-20-6-2-7-21-62)52-82(88)83-53-72(39-45-89(83)105)96(108)112-59-63-22-8-3-9-23-63/h2-55H,58-61H2. The molecule has 0 bridgehead atoms. The van der Waals surface area contributed by atoms with Crippen molar-refractivity contribution in [3.05, 3.63) is 395 Å². The maximum absolute atomic E-state index is 14.1. The van der Waals surface area contributed by atoms with Crippen LogP contribution in [0.1, 0.15) is 74.8 Å². The van der Waals surface area contributed by atoms with Crippen LogP contribution in [0.2, 0.25) is 0 Å². The zero-order valence-corrected chi connectivity index (χ0v) is 60.8. The maximum atomic E-state index is 14.1. The summed E-state index contributed by atoms with van der Waals surface area (Å²) in [5.74, 6) is -1.38. The summed E-state index contributed by atoms with van der Waals surface area (Å²) >= 11 is 0. The van der Waals surface area contributed by atoms with Gasteiger partial charge in [0.2, 0.25) is 0 Å². The van der Waals surface area contributed by atoms with Gasteiger partial charge in [-0.2, -0.15) is 10.5 Å². The van der Waals surface area contributed by atoms with Gasteiger partial charge in [-0.05, 0) is 172 Å². The summed E-state index contributed by atoms with van der Waals surface area (Å²) in [6.07, 6.45) is 0. The molecule has 0 N–H and O–H groups in total. The van der Waals surface area contributed by atoms with Gasteiger partial charge in [0, 0.05) is 54.9 Å². The van der Waals surface area contributed by atoms with Crippen molar-refractivity contribution in [2.75, 3.05) is 0 Å². The Morgan fingerprint density at radius 3 is 1.07 bits per heavy atom. The van der Waals surface area contributed by atoms with Gasteiger partial charge in [-0.3, -0.25) is 0 Å². The molecule has 0 atom stereocenters. The Kier molecular flexibility index (Phi) is 19.5. The number of fused-ring (bicyclic) bond motifs is 6. The largest absolute Gasteiger partial charge is 0.457 e. The van der Waals surface area contributed by atoms with Crippen molar-refractivity contribution in [1.29, 1.82) is 10.5 Å². The summed E-state index contributed by atoms with van der Waals surface area (Å²) in [6, 6.07) is 105. The Hall–Kier alpha value is -16.0. The van der Waals surface area contributed by atoms with Crippen LogP contribution < -0.4 is 0 Å². The molecule has 0 saturated carbocycles. The third-order valence-electron chi connectivity index (χ3n) is 20.0. The van der Waals surface area contributed by atoms with Gasteiger partial charge in [0.1, 0.15) is 26.4 Å². The minimum Gasteiger partial charge on any atom is -0.457 e. The molecule has 0 saturated heterocycles. The molecule has 16 nitrogen and oxygen atoms in total. The fourth-order valence-electron chi connectivity index (χ4n) is 14.5. The molecule has 0 aliphatic rings. The highest BCUT2D eigenvalue weighted by molar-refractivity contribution is 6.15. The van der Waals surface area contributed by atoms with Crippen LogP contribution in [0.15, 0.2) is 328 Å². The number of benzene rings is 14. The van der Waals surface area contributed by atoms with Gasteiger partial charge in [-0.25, -0.2) is 39.0 Å². The Bertz CT molecular complexity index is 6240. The first kappa shape index (κ1) is 71.0. The minimum atomic E-state index is -0.540. The molecule has 14 aromatic carbocycles. The molecule has 0 unspecified atom stereocenters. The third kappa shape index (κ3) is 14.3. The number of carbonyl (C=O) groups is 4. The normalized spacial score (nSPS) is 11.1. The monoisotopic (exact) mass is 1480 g/mol. The number of ether oxygens (including phenoxy) is 4. The fraction of sp³-hybridized carbons (Fsp3) is 0.0408. The number of hydrogen-bond donors (Lipinski definition) is 0.